The van der Waals surface area contributed by atoms with Crippen LogP contribution in [0.4, 0.5) is 11.5 Å². The van der Waals surface area contributed by atoms with E-state index in [0.29, 0.717) is 49.7 Å². The molecule has 2 saturated heterocycles. The number of nitrogens with zero attached hydrogens (tertiary/aromatic N) is 3. The molecule has 4 rings (SSSR count). The minimum atomic E-state index is -0.832. The number of amides is 1. The third kappa shape index (κ3) is 4.66. The molecule has 2 fully saturated rings. The highest BCUT2D eigenvalue weighted by Gasteiger charge is 2.43. The van der Waals surface area contributed by atoms with Gasteiger partial charge >= 0.3 is 0 Å². The summed E-state index contributed by atoms with van der Waals surface area (Å²) >= 11 is 0. The molecule has 0 spiro atoms. The van der Waals surface area contributed by atoms with Crippen LogP contribution >= 0.6 is 0 Å². The molecule has 0 unspecified atom stereocenters. The molecular formula is C24H31N5O3. The fourth-order valence-corrected chi connectivity index (χ4v) is 4.03. The van der Waals surface area contributed by atoms with Crippen molar-refractivity contribution in [3.05, 3.63) is 42.1 Å². The first-order chi connectivity index (χ1) is 15.4. The van der Waals surface area contributed by atoms with Crippen LogP contribution in [-0.2, 0) is 9.59 Å². The number of aromatic nitrogens is 2. The Morgan fingerprint density at radius 2 is 1.88 bits per heavy atom. The molecule has 0 radical (unpaired) electrons. The van der Waals surface area contributed by atoms with E-state index in [1.165, 1.54) is 0 Å². The molecule has 170 valence electrons. The second kappa shape index (κ2) is 9.34. The Morgan fingerprint density at radius 1 is 1.12 bits per heavy atom. The minimum absolute atomic E-state index is 0.0147. The third-order valence-corrected chi connectivity index (χ3v) is 5.99. The van der Waals surface area contributed by atoms with Gasteiger partial charge in [0.1, 0.15) is 5.75 Å². The number of anilines is 2. The van der Waals surface area contributed by atoms with E-state index in [9.17, 15) is 9.59 Å². The quantitative estimate of drug-likeness (QED) is 0.655. The van der Waals surface area contributed by atoms with Crippen LogP contribution in [0.2, 0.25) is 0 Å². The van der Waals surface area contributed by atoms with Gasteiger partial charge in [0.05, 0.1) is 17.3 Å². The van der Waals surface area contributed by atoms with Crippen molar-refractivity contribution in [1.29, 1.82) is 0 Å². The Balaban J connectivity index is 1.58. The Bertz CT molecular complexity index is 949. The number of ketones is 1. The van der Waals surface area contributed by atoms with Crippen molar-refractivity contribution in [2.45, 2.75) is 39.2 Å². The summed E-state index contributed by atoms with van der Waals surface area (Å²) < 4.78 is 6.27. The van der Waals surface area contributed by atoms with Crippen LogP contribution in [-0.4, -0.2) is 53.7 Å². The van der Waals surface area contributed by atoms with E-state index in [0.717, 1.165) is 12.2 Å². The number of benzene rings is 1. The Kier molecular flexibility index (Phi) is 6.53. The molecule has 32 heavy (non-hydrogen) atoms. The fourth-order valence-electron chi connectivity index (χ4n) is 4.03. The zero-order valence-corrected chi connectivity index (χ0v) is 18.9. The van der Waals surface area contributed by atoms with E-state index in [2.05, 4.69) is 20.8 Å². The van der Waals surface area contributed by atoms with Gasteiger partial charge in [0, 0.05) is 32.5 Å². The Labute approximate surface area is 188 Å². The molecule has 1 atom stereocenters. The van der Waals surface area contributed by atoms with Gasteiger partial charge in [0.15, 0.2) is 17.2 Å². The molecule has 8 nitrogen and oxygen atoms in total. The van der Waals surface area contributed by atoms with Gasteiger partial charge in [-0.2, -0.15) is 5.10 Å². The first kappa shape index (κ1) is 22.4. The van der Waals surface area contributed by atoms with Crippen molar-refractivity contribution in [3.8, 4) is 5.75 Å². The molecule has 2 aliphatic rings. The number of carbonyl (C=O) groups excluding carboxylic acids is 2. The summed E-state index contributed by atoms with van der Waals surface area (Å²) in [7, 11) is 0. The maximum absolute atomic E-state index is 13.2. The van der Waals surface area contributed by atoms with E-state index in [4.69, 9.17) is 4.74 Å². The second-order valence-electron chi connectivity index (χ2n) is 9.10. The highest BCUT2D eigenvalue weighted by Crippen LogP contribution is 2.31. The van der Waals surface area contributed by atoms with Crippen molar-refractivity contribution < 1.29 is 14.3 Å². The van der Waals surface area contributed by atoms with E-state index in [-0.39, 0.29) is 23.5 Å². The fraction of sp³-hybridized carbons (Fsp3) is 0.500. The molecule has 0 aliphatic carbocycles. The highest BCUT2D eigenvalue weighted by molar-refractivity contribution is 6.01. The van der Waals surface area contributed by atoms with E-state index < -0.39 is 5.60 Å². The van der Waals surface area contributed by atoms with Crippen LogP contribution < -0.4 is 20.3 Å². The lowest BCUT2D eigenvalue weighted by atomic mass is 9.91. The van der Waals surface area contributed by atoms with Crippen molar-refractivity contribution in [2.75, 3.05) is 31.1 Å². The van der Waals surface area contributed by atoms with E-state index in [1.54, 1.807) is 11.0 Å². The summed E-state index contributed by atoms with van der Waals surface area (Å²) in [5, 5.41) is 14.8. The molecule has 3 heterocycles. The van der Waals surface area contributed by atoms with Gasteiger partial charge in [-0.05, 0) is 55.8 Å². The molecule has 2 N–H and O–H groups in total. The smallest absolute Gasteiger partial charge is 0.238 e. The number of hydrogen-bond donors (Lipinski definition) is 2. The summed E-state index contributed by atoms with van der Waals surface area (Å²) in [6.07, 6.45) is 1.14. The number of rotatable bonds is 8. The van der Waals surface area contributed by atoms with Crippen molar-refractivity contribution in [1.82, 2.24) is 20.8 Å². The molecule has 2 aliphatic heterocycles. The van der Waals surface area contributed by atoms with Crippen molar-refractivity contribution >= 4 is 23.2 Å². The lowest BCUT2D eigenvalue weighted by molar-refractivity contribution is -0.133. The van der Waals surface area contributed by atoms with Crippen molar-refractivity contribution in [2.24, 2.45) is 11.8 Å². The lowest BCUT2D eigenvalue weighted by Crippen LogP contribution is -2.51. The van der Waals surface area contributed by atoms with Crippen LogP contribution in [0.5, 0.6) is 5.75 Å². The summed E-state index contributed by atoms with van der Waals surface area (Å²) in [6, 6.07) is 11.0. The zero-order chi connectivity index (χ0) is 22.7. The van der Waals surface area contributed by atoms with Gasteiger partial charge in [-0.1, -0.05) is 13.8 Å². The number of aryl methyl sites for hydroxylation is 1. The monoisotopic (exact) mass is 437 g/mol. The summed E-state index contributed by atoms with van der Waals surface area (Å²) in [4.78, 5) is 27.7. The largest absolute Gasteiger partial charge is 0.478 e. The number of carbonyl (C=O) groups is 2. The van der Waals surface area contributed by atoms with Gasteiger partial charge in [-0.15, -0.1) is 5.10 Å². The first-order valence-electron chi connectivity index (χ1n) is 11.3. The minimum Gasteiger partial charge on any atom is -0.478 e. The average molecular weight is 438 g/mol. The predicted molar refractivity (Wildman–Crippen MR) is 122 cm³/mol. The van der Waals surface area contributed by atoms with Gasteiger partial charge in [-0.25, -0.2) is 0 Å². The van der Waals surface area contributed by atoms with Gasteiger partial charge in [0.2, 0.25) is 5.91 Å². The van der Waals surface area contributed by atoms with Crippen LogP contribution in [0.3, 0.4) is 0 Å². The van der Waals surface area contributed by atoms with Gasteiger partial charge in [-0.3, -0.25) is 14.5 Å². The van der Waals surface area contributed by atoms with Crippen LogP contribution in [0.1, 0.15) is 32.4 Å². The molecule has 0 bridgehead atoms. The summed E-state index contributed by atoms with van der Waals surface area (Å²) in [5.74, 6) is 1.41. The Hall–Kier alpha value is -2.84. The van der Waals surface area contributed by atoms with E-state index >= 15 is 0 Å². The standard InChI is InChI=1S/C24H31N5O3/c1-16(2)12-21(30)24(10-11-25-15-24)32-20-7-5-19(6-8-20)29(23(31)18-13-26-14-18)22-9-4-17(3)27-28-22/h4-9,16,18,25-26H,10-15H2,1-3H3/t24-/m1/s1. The molecule has 1 amide bonds. The molecule has 1 aromatic heterocycles. The number of nitrogens with one attached hydrogen (secondary N) is 2. The average Bonchev–Trinajstić information content (AvgIpc) is 3.19. The lowest BCUT2D eigenvalue weighted by Gasteiger charge is -2.32. The number of Topliss-reactive ketones (excluding diaryl/α,β-unsaturated/α-hetero) is 1. The first-order valence-corrected chi connectivity index (χ1v) is 11.3. The number of hydrogen-bond acceptors (Lipinski definition) is 7. The normalized spacial score (nSPS) is 20.8. The van der Waals surface area contributed by atoms with Crippen LogP contribution in [0, 0.1) is 18.8 Å². The zero-order valence-electron chi connectivity index (χ0n) is 18.9. The maximum Gasteiger partial charge on any atom is 0.238 e. The summed E-state index contributed by atoms with van der Waals surface area (Å²) in [6.45, 7) is 8.52. The molecule has 1 aromatic carbocycles. The van der Waals surface area contributed by atoms with Crippen molar-refractivity contribution in [3.63, 3.8) is 0 Å². The maximum atomic E-state index is 13.2. The molecule has 8 heteroatoms. The highest BCUT2D eigenvalue weighted by atomic mass is 16.5. The molecule has 2 aromatic rings. The predicted octanol–water partition coefficient (Wildman–Crippen LogP) is 2.40. The Morgan fingerprint density at radius 3 is 2.41 bits per heavy atom. The van der Waals surface area contributed by atoms with E-state index in [1.807, 2.05) is 51.1 Å². The van der Waals surface area contributed by atoms with Gasteiger partial charge < -0.3 is 15.4 Å². The SMILES string of the molecule is Cc1ccc(N(C(=O)C2CNC2)c2ccc(O[C@]3(C(=O)CC(C)C)CCNC3)cc2)nn1. The van der Waals surface area contributed by atoms with Crippen LogP contribution in [0.15, 0.2) is 36.4 Å². The van der Waals surface area contributed by atoms with Crippen LogP contribution in [0.25, 0.3) is 0 Å². The summed E-state index contributed by atoms with van der Waals surface area (Å²) in [5.41, 5.74) is 0.651. The topological polar surface area (TPSA) is 96.5 Å². The third-order valence-electron chi connectivity index (χ3n) is 5.99. The molecular weight excluding hydrogens is 406 g/mol. The van der Waals surface area contributed by atoms with Gasteiger partial charge in [0.25, 0.3) is 0 Å². The number of ether oxygens (including phenoxy) is 1. The second-order valence-corrected chi connectivity index (χ2v) is 9.10. The molecule has 0 saturated carbocycles.